The van der Waals surface area contributed by atoms with E-state index in [4.69, 9.17) is 0 Å². The molecule has 1 heterocycles. The van der Waals surface area contributed by atoms with E-state index in [1.165, 1.54) is 24.3 Å². The van der Waals surface area contributed by atoms with Gasteiger partial charge in [-0.2, -0.15) is 0 Å². The smallest absolute Gasteiger partial charge is 0.242 e. The van der Waals surface area contributed by atoms with Crippen molar-refractivity contribution in [2.45, 2.75) is 20.4 Å². The molecule has 0 unspecified atom stereocenters. The van der Waals surface area contributed by atoms with Gasteiger partial charge in [0.1, 0.15) is 6.54 Å². The summed E-state index contributed by atoms with van der Waals surface area (Å²) in [4.78, 5) is 42.2. The van der Waals surface area contributed by atoms with Crippen molar-refractivity contribution in [1.29, 1.82) is 0 Å². The highest BCUT2D eigenvalue weighted by Crippen LogP contribution is 2.18. The Hall–Kier alpha value is -2.99. The Morgan fingerprint density at radius 2 is 1.59 bits per heavy atom. The quantitative estimate of drug-likeness (QED) is 0.708. The van der Waals surface area contributed by atoms with Gasteiger partial charge in [0.25, 0.3) is 0 Å². The van der Waals surface area contributed by atoms with Crippen LogP contribution in [0.15, 0.2) is 54.6 Å². The normalized spacial score (nSPS) is 14.5. The second-order valence-electron chi connectivity index (χ2n) is 7.35. The number of Topliss-reactive ketones (excluding diaryl/α,β-unsaturated/α-hetero) is 1. The van der Waals surface area contributed by atoms with E-state index >= 15 is 0 Å². The molecule has 3 rings (SSSR count). The minimum Gasteiger partial charge on any atom is -0.339 e. The molecule has 1 fully saturated rings. The Bertz CT molecular complexity index is 874. The van der Waals surface area contributed by atoms with Gasteiger partial charge in [0.15, 0.2) is 5.78 Å². The van der Waals surface area contributed by atoms with E-state index in [1.807, 2.05) is 23.1 Å². The van der Waals surface area contributed by atoms with Gasteiger partial charge in [-0.25, -0.2) is 0 Å². The van der Waals surface area contributed by atoms with Crippen LogP contribution in [0.3, 0.4) is 0 Å². The second kappa shape index (κ2) is 9.47. The molecule has 6 heteroatoms. The van der Waals surface area contributed by atoms with Gasteiger partial charge in [-0.15, -0.1) is 0 Å². The fourth-order valence-electron chi connectivity index (χ4n) is 3.51. The number of benzene rings is 2. The lowest BCUT2D eigenvalue weighted by molar-refractivity contribution is -0.132. The molecule has 0 atom stereocenters. The van der Waals surface area contributed by atoms with Gasteiger partial charge in [-0.1, -0.05) is 42.5 Å². The minimum atomic E-state index is -0.221. The number of ketones is 1. The van der Waals surface area contributed by atoms with E-state index in [2.05, 4.69) is 17.0 Å². The maximum absolute atomic E-state index is 12.8. The lowest BCUT2D eigenvalue weighted by Crippen LogP contribution is -2.51. The standard InChI is InChI=1S/C23H27N3O3/c1-18(27)21-9-6-10-22(15-21)26(19(2)28)17-23(29)25-13-11-24(12-14-25)16-20-7-4-3-5-8-20/h3-10,15H,11-14,16-17H2,1-2H3. The number of piperazine rings is 1. The summed E-state index contributed by atoms with van der Waals surface area (Å²) < 4.78 is 0. The molecule has 0 spiro atoms. The van der Waals surface area contributed by atoms with Crippen LogP contribution in [0.25, 0.3) is 0 Å². The van der Waals surface area contributed by atoms with Crippen molar-refractivity contribution in [3.63, 3.8) is 0 Å². The topological polar surface area (TPSA) is 60.9 Å². The molecule has 0 radical (unpaired) electrons. The highest BCUT2D eigenvalue weighted by molar-refractivity contribution is 6.00. The van der Waals surface area contributed by atoms with Crippen molar-refractivity contribution in [3.05, 3.63) is 65.7 Å². The summed E-state index contributed by atoms with van der Waals surface area (Å²) >= 11 is 0. The summed E-state index contributed by atoms with van der Waals surface area (Å²) in [6.45, 7) is 6.68. The van der Waals surface area contributed by atoms with Gasteiger partial charge in [0.05, 0.1) is 0 Å². The first-order chi connectivity index (χ1) is 13.9. The molecule has 0 aromatic heterocycles. The first kappa shape index (κ1) is 20.7. The molecule has 1 saturated heterocycles. The minimum absolute atomic E-state index is 0.0185. The molecule has 2 aromatic carbocycles. The van der Waals surface area contributed by atoms with Crippen LogP contribution in [0.1, 0.15) is 29.8 Å². The fraction of sp³-hybridized carbons (Fsp3) is 0.348. The van der Waals surface area contributed by atoms with Gasteiger partial charge in [0.2, 0.25) is 11.8 Å². The highest BCUT2D eigenvalue weighted by atomic mass is 16.2. The number of carbonyl (C=O) groups is 3. The van der Waals surface area contributed by atoms with E-state index in [1.54, 1.807) is 24.3 Å². The average molecular weight is 393 g/mol. The second-order valence-corrected chi connectivity index (χ2v) is 7.35. The third-order valence-electron chi connectivity index (χ3n) is 5.21. The highest BCUT2D eigenvalue weighted by Gasteiger charge is 2.24. The maximum Gasteiger partial charge on any atom is 0.242 e. The number of amides is 2. The van der Waals surface area contributed by atoms with E-state index in [-0.39, 0.29) is 24.1 Å². The van der Waals surface area contributed by atoms with Crippen LogP contribution in [0.5, 0.6) is 0 Å². The first-order valence-electron chi connectivity index (χ1n) is 9.87. The van der Waals surface area contributed by atoms with Crippen molar-refractivity contribution in [1.82, 2.24) is 9.80 Å². The lowest BCUT2D eigenvalue weighted by Gasteiger charge is -2.35. The van der Waals surface area contributed by atoms with E-state index in [9.17, 15) is 14.4 Å². The fourth-order valence-corrected chi connectivity index (χ4v) is 3.51. The molecular formula is C23H27N3O3. The average Bonchev–Trinajstić information content (AvgIpc) is 2.73. The molecule has 0 N–H and O–H groups in total. The predicted molar refractivity (Wildman–Crippen MR) is 113 cm³/mol. The molecule has 6 nitrogen and oxygen atoms in total. The van der Waals surface area contributed by atoms with Crippen molar-refractivity contribution in [2.24, 2.45) is 0 Å². The van der Waals surface area contributed by atoms with Gasteiger partial charge >= 0.3 is 0 Å². The molecule has 29 heavy (non-hydrogen) atoms. The SMILES string of the molecule is CC(=O)c1cccc(N(CC(=O)N2CCN(Cc3ccccc3)CC2)C(C)=O)c1. The zero-order valence-electron chi connectivity index (χ0n) is 17.0. The van der Waals surface area contributed by atoms with E-state index < -0.39 is 0 Å². The van der Waals surface area contributed by atoms with Crippen LogP contribution < -0.4 is 4.90 Å². The predicted octanol–water partition coefficient (Wildman–Crippen LogP) is 2.59. The summed E-state index contributed by atoms with van der Waals surface area (Å²) in [5, 5.41) is 0. The first-order valence-corrected chi connectivity index (χ1v) is 9.87. The summed E-state index contributed by atoms with van der Waals surface area (Å²) in [5.74, 6) is -0.370. The summed E-state index contributed by atoms with van der Waals surface area (Å²) in [7, 11) is 0. The van der Waals surface area contributed by atoms with Crippen LogP contribution >= 0.6 is 0 Å². The van der Waals surface area contributed by atoms with Gasteiger partial charge in [-0.05, 0) is 24.6 Å². The number of nitrogens with zero attached hydrogens (tertiary/aromatic N) is 3. The monoisotopic (exact) mass is 393 g/mol. The van der Waals surface area contributed by atoms with Crippen molar-refractivity contribution in [3.8, 4) is 0 Å². The molecule has 1 aliphatic rings. The van der Waals surface area contributed by atoms with Gasteiger partial charge in [0, 0.05) is 50.9 Å². The van der Waals surface area contributed by atoms with Crippen molar-refractivity contribution < 1.29 is 14.4 Å². The maximum atomic E-state index is 12.8. The van der Waals surface area contributed by atoms with E-state index in [0.29, 0.717) is 24.3 Å². The number of anilines is 1. The zero-order chi connectivity index (χ0) is 20.8. The summed E-state index contributed by atoms with van der Waals surface area (Å²) in [6.07, 6.45) is 0. The van der Waals surface area contributed by atoms with Gasteiger partial charge < -0.3 is 9.80 Å². The van der Waals surface area contributed by atoms with Crippen LogP contribution in [-0.4, -0.2) is 60.1 Å². The van der Waals surface area contributed by atoms with Crippen LogP contribution in [-0.2, 0) is 16.1 Å². The Labute approximate surface area is 171 Å². The largest absolute Gasteiger partial charge is 0.339 e. The van der Waals surface area contributed by atoms with Gasteiger partial charge in [-0.3, -0.25) is 19.3 Å². The Morgan fingerprint density at radius 3 is 2.21 bits per heavy atom. The number of carbonyl (C=O) groups excluding carboxylic acids is 3. The Kier molecular flexibility index (Phi) is 6.77. The lowest BCUT2D eigenvalue weighted by atomic mass is 10.1. The Balaban J connectivity index is 1.59. The molecule has 2 aromatic rings. The number of hydrogen-bond donors (Lipinski definition) is 0. The van der Waals surface area contributed by atoms with Crippen LogP contribution in [0, 0.1) is 0 Å². The zero-order valence-corrected chi connectivity index (χ0v) is 17.0. The molecule has 152 valence electrons. The Morgan fingerprint density at radius 1 is 0.897 bits per heavy atom. The third-order valence-corrected chi connectivity index (χ3v) is 5.21. The number of hydrogen-bond acceptors (Lipinski definition) is 4. The summed E-state index contributed by atoms with van der Waals surface area (Å²) in [5.41, 5.74) is 2.36. The van der Waals surface area contributed by atoms with Crippen molar-refractivity contribution in [2.75, 3.05) is 37.6 Å². The molecule has 2 amide bonds. The number of rotatable bonds is 6. The van der Waals surface area contributed by atoms with Crippen LogP contribution in [0.4, 0.5) is 5.69 Å². The molecule has 0 saturated carbocycles. The molecule has 0 bridgehead atoms. The molecule has 0 aliphatic carbocycles. The van der Waals surface area contributed by atoms with Crippen molar-refractivity contribution >= 4 is 23.3 Å². The third kappa shape index (κ3) is 5.51. The molecular weight excluding hydrogens is 366 g/mol. The van der Waals surface area contributed by atoms with E-state index in [0.717, 1.165) is 19.6 Å². The van der Waals surface area contributed by atoms with Crippen LogP contribution in [0.2, 0.25) is 0 Å². The summed E-state index contributed by atoms with van der Waals surface area (Å²) in [6, 6.07) is 17.1. The molecule has 1 aliphatic heterocycles.